The lowest BCUT2D eigenvalue weighted by molar-refractivity contribution is -0.144. The number of rotatable bonds is 3. The van der Waals surface area contributed by atoms with E-state index in [1.165, 1.54) is 0 Å². The lowest BCUT2D eigenvalue weighted by Gasteiger charge is -2.26. The average molecular weight is 268 g/mol. The van der Waals surface area contributed by atoms with Crippen LogP contribution in [0.25, 0.3) is 0 Å². The minimum Gasteiger partial charge on any atom is -0.480 e. The van der Waals surface area contributed by atoms with E-state index in [2.05, 4.69) is 24.5 Å². The Kier molecular flexibility index (Phi) is 3.74. The molecular formula is C14H24N2O3. The summed E-state index contributed by atoms with van der Waals surface area (Å²) in [5.41, 5.74) is -0.770. The molecule has 3 N–H and O–H groups in total. The number of carbonyl (C=O) groups excluding carboxylic acids is 1. The second-order valence-corrected chi connectivity index (χ2v) is 6.80. The third-order valence-electron chi connectivity index (χ3n) is 4.52. The molecule has 1 atom stereocenters. The summed E-state index contributed by atoms with van der Waals surface area (Å²) in [4.78, 5) is 23.3. The third-order valence-corrected chi connectivity index (χ3v) is 4.52. The van der Waals surface area contributed by atoms with Gasteiger partial charge in [-0.05, 0) is 37.5 Å². The fraction of sp³-hybridized carbons (Fsp3) is 0.857. The second kappa shape index (κ2) is 5.02. The van der Waals surface area contributed by atoms with E-state index in [1.807, 2.05) is 0 Å². The molecule has 2 aliphatic rings. The van der Waals surface area contributed by atoms with Crippen molar-refractivity contribution in [1.29, 1.82) is 0 Å². The van der Waals surface area contributed by atoms with Gasteiger partial charge in [0.25, 0.3) is 0 Å². The first-order valence-electron chi connectivity index (χ1n) is 7.15. The third kappa shape index (κ3) is 3.19. The highest BCUT2D eigenvalue weighted by molar-refractivity contribution is 5.86. The summed E-state index contributed by atoms with van der Waals surface area (Å²) in [7, 11) is 0. The van der Waals surface area contributed by atoms with Crippen LogP contribution in [0.15, 0.2) is 0 Å². The van der Waals surface area contributed by atoms with Crippen molar-refractivity contribution in [1.82, 2.24) is 10.6 Å². The zero-order valence-corrected chi connectivity index (χ0v) is 11.8. The van der Waals surface area contributed by atoms with Crippen molar-refractivity contribution >= 4 is 12.0 Å². The van der Waals surface area contributed by atoms with Crippen molar-refractivity contribution in [3.63, 3.8) is 0 Å². The van der Waals surface area contributed by atoms with Gasteiger partial charge in [0.2, 0.25) is 0 Å². The summed E-state index contributed by atoms with van der Waals surface area (Å²) < 4.78 is 0. The van der Waals surface area contributed by atoms with Crippen LogP contribution in [0.4, 0.5) is 4.79 Å². The molecule has 1 unspecified atom stereocenters. The fourth-order valence-corrected chi connectivity index (χ4v) is 3.37. The van der Waals surface area contributed by atoms with Gasteiger partial charge in [-0.1, -0.05) is 26.7 Å². The van der Waals surface area contributed by atoms with Crippen molar-refractivity contribution in [2.75, 3.05) is 0 Å². The van der Waals surface area contributed by atoms with Crippen molar-refractivity contribution in [3.05, 3.63) is 0 Å². The van der Waals surface area contributed by atoms with Gasteiger partial charge in [0, 0.05) is 6.04 Å². The standard InChI is InChI=1S/C14H24N2O3/c1-13(2)8-5-10(9-13)15-12(19)16-14(11(17)18)6-3-4-7-14/h10H,3-9H2,1-2H3,(H,17,18)(H2,15,16,19). The summed E-state index contributed by atoms with van der Waals surface area (Å²) in [6.07, 6.45) is 5.83. The van der Waals surface area contributed by atoms with Crippen LogP contribution in [0.1, 0.15) is 58.8 Å². The molecule has 2 amide bonds. The molecule has 0 radical (unpaired) electrons. The molecule has 0 aromatic heterocycles. The van der Waals surface area contributed by atoms with Gasteiger partial charge >= 0.3 is 12.0 Å². The van der Waals surface area contributed by atoms with Gasteiger partial charge in [0.1, 0.15) is 5.54 Å². The van der Waals surface area contributed by atoms with Crippen LogP contribution in [0.3, 0.4) is 0 Å². The minimum absolute atomic E-state index is 0.169. The van der Waals surface area contributed by atoms with Crippen LogP contribution in [0.5, 0.6) is 0 Å². The molecule has 0 aromatic carbocycles. The molecular weight excluding hydrogens is 244 g/mol. The Morgan fingerprint density at radius 1 is 1.16 bits per heavy atom. The SMILES string of the molecule is CC1(C)CCC(NC(=O)NC2(C(=O)O)CCCC2)C1. The molecule has 0 aromatic rings. The highest BCUT2D eigenvalue weighted by atomic mass is 16.4. The molecule has 19 heavy (non-hydrogen) atoms. The Hall–Kier alpha value is -1.26. The van der Waals surface area contributed by atoms with Gasteiger partial charge in [0.05, 0.1) is 0 Å². The average Bonchev–Trinajstić information content (AvgIpc) is 2.86. The van der Waals surface area contributed by atoms with Gasteiger partial charge in [-0.15, -0.1) is 0 Å². The molecule has 2 rings (SSSR count). The summed E-state index contributed by atoms with van der Waals surface area (Å²) in [5, 5.41) is 14.9. The summed E-state index contributed by atoms with van der Waals surface area (Å²) in [6, 6.07) is -0.158. The van der Waals surface area contributed by atoms with Gasteiger partial charge in [-0.3, -0.25) is 0 Å². The van der Waals surface area contributed by atoms with Crippen molar-refractivity contribution in [3.8, 4) is 0 Å². The first-order chi connectivity index (χ1) is 8.83. The first kappa shape index (κ1) is 14.2. The van der Waals surface area contributed by atoms with Crippen LogP contribution in [-0.2, 0) is 4.79 Å². The van der Waals surface area contributed by atoms with E-state index in [0.29, 0.717) is 12.8 Å². The summed E-state index contributed by atoms with van der Waals surface area (Å²) in [6.45, 7) is 4.39. The maximum Gasteiger partial charge on any atom is 0.329 e. The predicted octanol–water partition coefficient (Wildman–Crippen LogP) is 2.26. The van der Waals surface area contributed by atoms with Gasteiger partial charge < -0.3 is 15.7 Å². The Balaban J connectivity index is 1.89. The van der Waals surface area contributed by atoms with Crippen LogP contribution >= 0.6 is 0 Å². The molecule has 2 saturated carbocycles. The number of urea groups is 1. The largest absolute Gasteiger partial charge is 0.480 e. The molecule has 2 fully saturated rings. The maximum atomic E-state index is 12.0. The minimum atomic E-state index is -1.04. The van der Waals surface area contributed by atoms with E-state index in [4.69, 9.17) is 0 Å². The number of nitrogens with one attached hydrogen (secondary N) is 2. The summed E-state index contributed by atoms with van der Waals surface area (Å²) in [5.74, 6) is -0.910. The summed E-state index contributed by atoms with van der Waals surface area (Å²) >= 11 is 0. The molecule has 2 aliphatic carbocycles. The van der Waals surface area contributed by atoms with Crippen molar-refractivity contribution in [2.24, 2.45) is 5.41 Å². The lowest BCUT2D eigenvalue weighted by Crippen LogP contribution is -2.56. The number of hydrogen-bond acceptors (Lipinski definition) is 2. The van der Waals surface area contributed by atoms with E-state index in [9.17, 15) is 14.7 Å². The zero-order valence-electron chi connectivity index (χ0n) is 11.8. The van der Waals surface area contributed by atoms with E-state index >= 15 is 0 Å². The maximum absolute atomic E-state index is 12.0. The number of carboxylic acid groups (broad SMARTS) is 1. The molecule has 0 saturated heterocycles. The quantitative estimate of drug-likeness (QED) is 0.734. The molecule has 108 valence electrons. The first-order valence-corrected chi connectivity index (χ1v) is 7.15. The van der Waals surface area contributed by atoms with E-state index in [-0.39, 0.29) is 17.5 Å². The molecule has 5 heteroatoms. The smallest absolute Gasteiger partial charge is 0.329 e. The zero-order chi connectivity index (χ0) is 14.1. The number of hydrogen-bond donors (Lipinski definition) is 3. The highest BCUT2D eigenvalue weighted by Gasteiger charge is 2.43. The topological polar surface area (TPSA) is 78.4 Å². The Morgan fingerprint density at radius 2 is 1.79 bits per heavy atom. The van der Waals surface area contributed by atoms with Crippen LogP contribution < -0.4 is 10.6 Å². The number of carboxylic acids is 1. The van der Waals surface area contributed by atoms with Gasteiger partial charge in [-0.2, -0.15) is 0 Å². The Bertz CT molecular complexity index is 373. The lowest BCUT2D eigenvalue weighted by atomic mass is 9.92. The normalized spacial score (nSPS) is 28.0. The Labute approximate surface area is 114 Å². The molecule has 5 nitrogen and oxygen atoms in total. The monoisotopic (exact) mass is 268 g/mol. The number of carbonyl (C=O) groups is 2. The second-order valence-electron chi connectivity index (χ2n) is 6.80. The highest BCUT2D eigenvalue weighted by Crippen LogP contribution is 2.37. The molecule has 0 bridgehead atoms. The van der Waals surface area contributed by atoms with Crippen molar-refractivity contribution in [2.45, 2.75) is 70.4 Å². The van der Waals surface area contributed by atoms with Crippen LogP contribution in [-0.4, -0.2) is 28.7 Å². The fourth-order valence-electron chi connectivity index (χ4n) is 3.37. The number of amides is 2. The predicted molar refractivity (Wildman–Crippen MR) is 71.9 cm³/mol. The van der Waals surface area contributed by atoms with E-state index in [0.717, 1.165) is 32.1 Å². The van der Waals surface area contributed by atoms with Gasteiger partial charge in [-0.25, -0.2) is 9.59 Å². The van der Waals surface area contributed by atoms with E-state index < -0.39 is 11.5 Å². The van der Waals surface area contributed by atoms with Gasteiger partial charge in [0.15, 0.2) is 0 Å². The molecule has 0 aliphatic heterocycles. The molecule has 0 heterocycles. The number of aliphatic carboxylic acids is 1. The van der Waals surface area contributed by atoms with Crippen molar-refractivity contribution < 1.29 is 14.7 Å². The van der Waals surface area contributed by atoms with E-state index in [1.54, 1.807) is 0 Å². The van der Waals surface area contributed by atoms with Crippen LogP contribution in [0.2, 0.25) is 0 Å². The van der Waals surface area contributed by atoms with Crippen LogP contribution in [0, 0.1) is 5.41 Å². The Morgan fingerprint density at radius 3 is 2.26 bits per heavy atom. The molecule has 0 spiro atoms.